The van der Waals surface area contributed by atoms with Gasteiger partial charge >= 0.3 is 0 Å². The van der Waals surface area contributed by atoms with Gasteiger partial charge in [-0.25, -0.2) is 8.42 Å². The van der Waals surface area contributed by atoms with Gasteiger partial charge in [0.2, 0.25) is 11.0 Å². The van der Waals surface area contributed by atoms with Crippen LogP contribution in [0.2, 0.25) is 0 Å². The SMILES string of the molecule is Cc1cccc(Nc2nnc(S[C@@H](C)C(=O)N(C)[C@@H]3CCS(=O)(=O)C3)s2)c1C. The molecular weight excluding hydrogens is 416 g/mol. The largest absolute Gasteiger partial charge is 0.341 e. The molecule has 0 saturated carbocycles. The molecule has 7 nitrogen and oxygen atoms in total. The summed E-state index contributed by atoms with van der Waals surface area (Å²) in [7, 11) is -1.34. The van der Waals surface area contributed by atoms with Crippen LogP contribution < -0.4 is 5.32 Å². The summed E-state index contributed by atoms with van der Waals surface area (Å²) in [5, 5.41) is 11.9. The molecule has 1 amide bonds. The van der Waals surface area contributed by atoms with Crippen molar-refractivity contribution in [3.05, 3.63) is 29.3 Å². The van der Waals surface area contributed by atoms with Crippen molar-refractivity contribution < 1.29 is 13.2 Å². The second-order valence-corrected chi connectivity index (χ2v) is 11.8. The van der Waals surface area contributed by atoms with Crippen molar-refractivity contribution in [2.75, 3.05) is 23.9 Å². The molecule has 0 spiro atoms. The van der Waals surface area contributed by atoms with Gasteiger partial charge in [0.05, 0.1) is 16.8 Å². The van der Waals surface area contributed by atoms with E-state index in [9.17, 15) is 13.2 Å². The third kappa shape index (κ3) is 4.84. The summed E-state index contributed by atoms with van der Waals surface area (Å²) < 4.78 is 24.0. The van der Waals surface area contributed by atoms with E-state index in [1.807, 2.05) is 26.0 Å². The first-order valence-corrected chi connectivity index (χ1v) is 12.5. The number of nitrogens with zero attached hydrogens (tertiary/aromatic N) is 3. The Balaban J connectivity index is 1.61. The maximum Gasteiger partial charge on any atom is 0.235 e. The summed E-state index contributed by atoms with van der Waals surface area (Å²) >= 11 is 2.74. The average Bonchev–Trinajstić information content (AvgIpc) is 3.23. The predicted octanol–water partition coefficient (Wildman–Crippen LogP) is 3.02. The molecule has 1 saturated heterocycles. The highest BCUT2D eigenvalue weighted by Gasteiger charge is 2.34. The zero-order chi connectivity index (χ0) is 20.5. The quantitative estimate of drug-likeness (QED) is 0.690. The predicted molar refractivity (Wildman–Crippen MR) is 114 cm³/mol. The van der Waals surface area contributed by atoms with Crippen LogP contribution in [0.4, 0.5) is 10.8 Å². The summed E-state index contributed by atoms with van der Waals surface area (Å²) in [5.41, 5.74) is 3.34. The normalized spacial score (nSPS) is 19.4. The fourth-order valence-electron chi connectivity index (χ4n) is 3.06. The van der Waals surface area contributed by atoms with Crippen LogP contribution in [0.5, 0.6) is 0 Å². The van der Waals surface area contributed by atoms with Gasteiger partial charge in [-0.05, 0) is 44.4 Å². The van der Waals surface area contributed by atoms with Crippen LogP contribution in [0.3, 0.4) is 0 Å². The van der Waals surface area contributed by atoms with Crippen molar-refractivity contribution >= 4 is 49.7 Å². The number of thioether (sulfide) groups is 1. The Kier molecular flexibility index (Phi) is 6.31. The Morgan fingerprint density at radius 1 is 1.36 bits per heavy atom. The maximum atomic E-state index is 12.7. The highest BCUT2D eigenvalue weighted by molar-refractivity contribution is 8.02. The van der Waals surface area contributed by atoms with Crippen molar-refractivity contribution in [2.24, 2.45) is 0 Å². The summed E-state index contributed by atoms with van der Waals surface area (Å²) in [4.78, 5) is 14.2. The van der Waals surface area contributed by atoms with Gasteiger partial charge in [0.1, 0.15) is 0 Å². The van der Waals surface area contributed by atoms with Gasteiger partial charge in [-0.15, -0.1) is 10.2 Å². The number of amides is 1. The van der Waals surface area contributed by atoms with Crippen LogP contribution in [-0.2, 0) is 14.6 Å². The first-order chi connectivity index (χ1) is 13.2. The maximum absolute atomic E-state index is 12.7. The van der Waals surface area contributed by atoms with E-state index >= 15 is 0 Å². The lowest BCUT2D eigenvalue weighted by Crippen LogP contribution is -2.41. The van der Waals surface area contributed by atoms with E-state index in [0.717, 1.165) is 11.3 Å². The minimum absolute atomic E-state index is 0.0509. The van der Waals surface area contributed by atoms with Gasteiger partial charge in [0.15, 0.2) is 14.2 Å². The van der Waals surface area contributed by atoms with Crippen LogP contribution in [0.25, 0.3) is 0 Å². The zero-order valence-electron chi connectivity index (χ0n) is 16.3. The van der Waals surface area contributed by atoms with E-state index < -0.39 is 9.84 Å². The summed E-state index contributed by atoms with van der Waals surface area (Å²) in [6.07, 6.45) is 0.505. The first kappa shape index (κ1) is 21.1. The molecule has 1 aliphatic heterocycles. The molecule has 2 aromatic rings. The van der Waals surface area contributed by atoms with Crippen LogP contribution >= 0.6 is 23.1 Å². The van der Waals surface area contributed by atoms with Gasteiger partial charge in [-0.2, -0.15) is 0 Å². The molecule has 1 aromatic carbocycles. The average molecular weight is 441 g/mol. The highest BCUT2D eigenvalue weighted by Crippen LogP contribution is 2.32. The van der Waals surface area contributed by atoms with Gasteiger partial charge in [-0.3, -0.25) is 4.79 Å². The van der Waals surface area contributed by atoms with Crippen molar-refractivity contribution in [1.82, 2.24) is 15.1 Å². The number of carbonyl (C=O) groups excluding carboxylic acids is 1. The first-order valence-electron chi connectivity index (χ1n) is 8.97. The number of aryl methyl sites for hydroxylation is 1. The smallest absolute Gasteiger partial charge is 0.235 e. The van der Waals surface area contributed by atoms with Crippen LogP contribution in [0.1, 0.15) is 24.5 Å². The third-order valence-electron chi connectivity index (χ3n) is 4.98. The van der Waals surface area contributed by atoms with Gasteiger partial charge in [0, 0.05) is 18.8 Å². The number of nitrogens with one attached hydrogen (secondary N) is 1. The minimum Gasteiger partial charge on any atom is -0.341 e. The Morgan fingerprint density at radius 3 is 2.79 bits per heavy atom. The van der Waals surface area contributed by atoms with Crippen molar-refractivity contribution in [1.29, 1.82) is 0 Å². The number of rotatable bonds is 6. The fraction of sp³-hybridized carbons (Fsp3) is 0.500. The third-order valence-corrected chi connectivity index (χ3v) is 8.74. The van der Waals surface area contributed by atoms with Crippen LogP contribution in [-0.4, -0.2) is 59.3 Å². The number of aromatic nitrogens is 2. The number of benzene rings is 1. The molecule has 3 rings (SSSR count). The molecule has 0 unspecified atom stereocenters. The lowest BCUT2D eigenvalue weighted by molar-refractivity contribution is -0.130. The second-order valence-electron chi connectivity index (χ2n) is 7.01. The molecule has 1 N–H and O–H groups in total. The van der Waals surface area contributed by atoms with E-state index in [0.29, 0.717) is 15.9 Å². The number of sulfone groups is 1. The summed E-state index contributed by atoms with van der Waals surface area (Å²) in [6, 6.07) is 5.80. The second kappa shape index (κ2) is 8.38. The summed E-state index contributed by atoms with van der Waals surface area (Å²) in [5.74, 6) is 0.113. The lowest BCUT2D eigenvalue weighted by atomic mass is 10.1. The highest BCUT2D eigenvalue weighted by atomic mass is 32.2. The number of anilines is 2. The molecule has 152 valence electrons. The van der Waals surface area contributed by atoms with Gasteiger partial charge in [-0.1, -0.05) is 35.2 Å². The molecule has 1 aromatic heterocycles. The van der Waals surface area contributed by atoms with Crippen molar-refractivity contribution in [3.8, 4) is 0 Å². The molecule has 1 fully saturated rings. The molecule has 2 atom stereocenters. The zero-order valence-corrected chi connectivity index (χ0v) is 18.7. The van der Waals surface area contributed by atoms with E-state index in [2.05, 4.69) is 28.5 Å². The van der Waals surface area contributed by atoms with E-state index in [-0.39, 0.29) is 28.7 Å². The van der Waals surface area contributed by atoms with E-state index in [1.165, 1.54) is 28.7 Å². The Bertz CT molecular complexity index is 974. The molecule has 10 heteroatoms. The Labute approximate surface area is 173 Å². The number of hydrogen-bond acceptors (Lipinski definition) is 8. The summed E-state index contributed by atoms with van der Waals surface area (Å²) in [6.45, 7) is 5.92. The standard InChI is InChI=1S/C18H24N4O3S3/c1-11-6-5-7-15(12(11)2)19-17-20-21-18(27-17)26-13(3)16(23)22(4)14-8-9-28(24,25)10-14/h5-7,13-14H,8-10H2,1-4H3,(H,19,20)/t13-,14+/m0/s1. The van der Waals surface area contributed by atoms with Gasteiger partial charge in [0.25, 0.3) is 0 Å². The molecule has 0 aliphatic carbocycles. The topological polar surface area (TPSA) is 92.3 Å². The molecule has 1 aliphatic rings. The molecular formula is C18H24N4O3S3. The molecule has 2 heterocycles. The molecule has 28 heavy (non-hydrogen) atoms. The Hall–Kier alpha value is -1.65. The lowest BCUT2D eigenvalue weighted by Gasteiger charge is -2.25. The monoisotopic (exact) mass is 440 g/mol. The molecule has 0 bridgehead atoms. The number of hydrogen-bond donors (Lipinski definition) is 1. The van der Waals surface area contributed by atoms with Crippen molar-refractivity contribution in [2.45, 2.75) is 42.8 Å². The van der Waals surface area contributed by atoms with Gasteiger partial charge < -0.3 is 10.2 Å². The fourth-order valence-corrected chi connectivity index (χ4v) is 6.84. The van der Waals surface area contributed by atoms with E-state index in [1.54, 1.807) is 11.9 Å². The van der Waals surface area contributed by atoms with Crippen LogP contribution in [0, 0.1) is 13.8 Å². The molecule has 0 radical (unpaired) electrons. The van der Waals surface area contributed by atoms with E-state index in [4.69, 9.17) is 0 Å². The Morgan fingerprint density at radius 2 is 2.11 bits per heavy atom. The minimum atomic E-state index is -3.02. The van der Waals surface area contributed by atoms with Crippen molar-refractivity contribution in [3.63, 3.8) is 0 Å². The van der Waals surface area contributed by atoms with Crippen LogP contribution in [0.15, 0.2) is 22.5 Å². The number of carbonyl (C=O) groups is 1.